The SMILES string of the molecule is CC(C)(C)N1CC2CC(C1)N2CN1CC2CC1CN2C(C)(C)C. The third-order valence-corrected chi connectivity index (χ3v) is 6.85. The lowest BCUT2D eigenvalue weighted by Crippen LogP contribution is -2.72. The highest BCUT2D eigenvalue weighted by molar-refractivity contribution is 5.07. The van der Waals surface area contributed by atoms with Crippen LogP contribution in [0.3, 0.4) is 0 Å². The van der Waals surface area contributed by atoms with Crippen LogP contribution in [0.5, 0.6) is 0 Å². The summed E-state index contributed by atoms with van der Waals surface area (Å²) in [5.41, 5.74) is 0.676. The van der Waals surface area contributed by atoms with Crippen molar-refractivity contribution >= 4 is 0 Å². The number of piperidine rings is 1. The van der Waals surface area contributed by atoms with Crippen molar-refractivity contribution in [2.45, 2.75) is 89.6 Å². The molecule has 4 atom stereocenters. The molecule has 0 saturated carbocycles. The zero-order valence-electron chi connectivity index (χ0n) is 16.0. The zero-order valence-corrected chi connectivity index (χ0v) is 16.0. The van der Waals surface area contributed by atoms with Gasteiger partial charge in [0.2, 0.25) is 0 Å². The van der Waals surface area contributed by atoms with Crippen LogP contribution in [0.2, 0.25) is 0 Å². The van der Waals surface area contributed by atoms with Crippen LogP contribution in [0.1, 0.15) is 54.4 Å². The van der Waals surface area contributed by atoms with Crippen molar-refractivity contribution < 1.29 is 0 Å². The molecule has 4 bridgehead atoms. The third-order valence-electron chi connectivity index (χ3n) is 6.85. The van der Waals surface area contributed by atoms with Crippen LogP contribution < -0.4 is 0 Å². The second-order valence-electron chi connectivity index (χ2n) is 10.4. The van der Waals surface area contributed by atoms with E-state index in [-0.39, 0.29) is 0 Å². The molecule has 0 aromatic rings. The molecule has 5 aliphatic rings. The normalized spacial score (nSPS) is 39.9. The van der Waals surface area contributed by atoms with E-state index in [1.54, 1.807) is 0 Å². The van der Waals surface area contributed by atoms with Gasteiger partial charge in [0.25, 0.3) is 0 Å². The summed E-state index contributed by atoms with van der Waals surface area (Å²) in [6, 6.07) is 3.23. The predicted octanol–water partition coefficient (Wildman–Crippen LogP) is 2.06. The van der Waals surface area contributed by atoms with Gasteiger partial charge in [-0.05, 0) is 54.4 Å². The lowest BCUT2D eigenvalue weighted by Gasteiger charge is -2.60. The molecule has 4 heteroatoms. The van der Waals surface area contributed by atoms with E-state index in [1.807, 2.05) is 0 Å². The van der Waals surface area contributed by atoms with Gasteiger partial charge in [-0.15, -0.1) is 0 Å². The Morgan fingerprint density at radius 2 is 1.30 bits per heavy atom. The lowest BCUT2D eigenvalue weighted by molar-refractivity contribution is -0.122. The summed E-state index contributed by atoms with van der Waals surface area (Å²) in [6.45, 7) is 20.6. The van der Waals surface area contributed by atoms with Crippen LogP contribution in [0.4, 0.5) is 0 Å². The van der Waals surface area contributed by atoms with Gasteiger partial charge in [-0.1, -0.05) is 0 Å². The smallest absolute Gasteiger partial charge is 0.0516 e. The second-order valence-corrected chi connectivity index (χ2v) is 10.4. The Balaban J connectivity index is 1.33. The van der Waals surface area contributed by atoms with Crippen LogP contribution in [-0.4, -0.2) is 87.7 Å². The van der Waals surface area contributed by atoms with E-state index in [4.69, 9.17) is 0 Å². The summed E-state index contributed by atoms with van der Waals surface area (Å²) in [5, 5.41) is 0. The first-order valence-corrected chi connectivity index (χ1v) is 9.64. The topological polar surface area (TPSA) is 13.0 Å². The minimum Gasteiger partial charge on any atom is -0.295 e. The maximum atomic E-state index is 2.81. The Bertz CT molecular complexity index is 451. The van der Waals surface area contributed by atoms with E-state index in [1.165, 1.54) is 45.7 Å². The van der Waals surface area contributed by atoms with E-state index in [9.17, 15) is 0 Å². The summed E-state index contributed by atoms with van der Waals surface area (Å²) in [7, 11) is 0. The van der Waals surface area contributed by atoms with E-state index in [0.29, 0.717) is 11.1 Å². The minimum absolute atomic E-state index is 0.336. The van der Waals surface area contributed by atoms with Gasteiger partial charge in [-0.2, -0.15) is 0 Å². The number of likely N-dealkylation sites (tertiary alicyclic amines) is 2. The molecule has 0 aromatic carbocycles. The van der Waals surface area contributed by atoms with Gasteiger partial charge in [0.1, 0.15) is 0 Å². The molecule has 0 spiro atoms. The summed E-state index contributed by atoms with van der Waals surface area (Å²) in [5.74, 6) is 0. The second kappa shape index (κ2) is 5.17. The first-order valence-electron chi connectivity index (χ1n) is 9.64. The highest BCUT2D eigenvalue weighted by Gasteiger charge is 2.51. The summed E-state index contributed by atoms with van der Waals surface area (Å²) in [6.07, 6.45) is 2.83. The van der Waals surface area contributed by atoms with E-state index in [0.717, 1.165) is 24.2 Å². The van der Waals surface area contributed by atoms with Crippen molar-refractivity contribution in [1.82, 2.24) is 19.6 Å². The predicted molar refractivity (Wildman–Crippen MR) is 95.6 cm³/mol. The van der Waals surface area contributed by atoms with Crippen LogP contribution in [0, 0.1) is 0 Å². The summed E-state index contributed by atoms with van der Waals surface area (Å²) >= 11 is 0. The van der Waals surface area contributed by atoms with Crippen LogP contribution >= 0.6 is 0 Å². The number of fused-ring (bicyclic) bond motifs is 4. The molecule has 5 saturated heterocycles. The molecule has 0 aliphatic carbocycles. The van der Waals surface area contributed by atoms with Crippen molar-refractivity contribution in [2.75, 3.05) is 32.8 Å². The molecule has 132 valence electrons. The number of rotatable bonds is 2. The van der Waals surface area contributed by atoms with Crippen LogP contribution in [-0.2, 0) is 0 Å². The standard InChI is InChI=1S/C19H36N4/c1-18(2,3)21-10-15-8-16(11-21)22(15)13-20-9-17-7-14(20)12-23(17)19(4,5)6/h14-17H,7-13H2,1-6H3. The van der Waals surface area contributed by atoms with Gasteiger partial charge in [-0.25, -0.2) is 0 Å². The number of hydrogen-bond acceptors (Lipinski definition) is 4. The molecule has 5 heterocycles. The van der Waals surface area contributed by atoms with Crippen molar-refractivity contribution in [3.05, 3.63) is 0 Å². The minimum atomic E-state index is 0.336. The van der Waals surface area contributed by atoms with Crippen molar-refractivity contribution in [3.8, 4) is 0 Å². The molecule has 5 aliphatic heterocycles. The van der Waals surface area contributed by atoms with Gasteiger partial charge < -0.3 is 0 Å². The molecule has 5 rings (SSSR count). The summed E-state index contributed by atoms with van der Waals surface area (Å²) in [4.78, 5) is 11.0. The number of nitrogens with zero attached hydrogens (tertiary/aromatic N) is 4. The molecule has 5 fully saturated rings. The summed E-state index contributed by atoms with van der Waals surface area (Å²) < 4.78 is 0. The van der Waals surface area contributed by atoms with E-state index >= 15 is 0 Å². The molecule has 4 nitrogen and oxygen atoms in total. The Hall–Kier alpha value is -0.160. The van der Waals surface area contributed by atoms with Crippen molar-refractivity contribution in [2.24, 2.45) is 0 Å². The van der Waals surface area contributed by atoms with Gasteiger partial charge >= 0.3 is 0 Å². The van der Waals surface area contributed by atoms with Gasteiger partial charge in [-0.3, -0.25) is 19.6 Å². The molecular weight excluding hydrogens is 284 g/mol. The molecular formula is C19H36N4. The first-order chi connectivity index (χ1) is 10.6. The first kappa shape index (κ1) is 16.3. The Morgan fingerprint density at radius 1 is 0.696 bits per heavy atom. The molecule has 0 amide bonds. The van der Waals surface area contributed by atoms with Gasteiger partial charge in [0.05, 0.1) is 6.67 Å². The third kappa shape index (κ3) is 2.76. The van der Waals surface area contributed by atoms with Gasteiger partial charge in [0.15, 0.2) is 0 Å². The van der Waals surface area contributed by atoms with Gasteiger partial charge in [0, 0.05) is 61.4 Å². The van der Waals surface area contributed by atoms with E-state index in [2.05, 4.69) is 61.1 Å². The fourth-order valence-corrected chi connectivity index (χ4v) is 5.42. The average molecular weight is 321 g/mol. The van der Waals surface area contributed by atoms with Crippen LogP contribution in [0.15, 0.2) is 0 Å². The average Bonchev–Trinajstić information content (AvgIpc) is 3.03. The lowest BCUT2D eigenvalue weighted by atomic mass is 9.85. The quantitative estimate of drug-likeness (QED) is 0.772. The fraction of sp³-hybridized carbons (Fsp3) is 1.00. The van der Waals surface area contributed by atoms with Crippen molar-refractivity contribution in [1.29, 1.82) is 0 Å². The maximum absolute atomic E-state index is 2.81. The maximum Gasteiger partial charge on any atom is 0.0516 e. The molecule has 0 radical (unpaired) electrons. The largest absolute Gasteiger partial charge is 0.295 e. The van der Waals surface area contributed by atoms with Crippen molar-refractivity contribution in [3.63, 3.8) is 0 Å². The van der Waals surface area contributed by atoms with Crippen LogP contribution in [0.25, 0.3) is 0 Å². The molecule has 23 heavy (non-hydrogen) atoms. The highest BCUT2D eigenvalue weighted by atomic mass is 15.5. The molecule has 0 aromatic heterocycles. The Labute approximate surface area is 142 Å². The zero-order chi connectivity index (χ0) is 16.6. The highest BCUT2D eigenvalue weighted by Crippen LogP contribution is 2.39. The molecule has 0 N–H and O–H groups in total. The Morgan fingerprint density at radius 3 is 1.78 bits per heavy atom. The number of hydrogen-bond donors (Lipinski definition) is 0. The molecule has 4 unspecified atom stereocenters. The Kier molecular flexibility index (Phi) is 3.67. The monoisotopic (exact) mass is 320 g/mol. The number of piperazine rings is 2. The fourth-order valence-electron chi connectivity index (χ4n) is 5.42. The van der Waals surface area contributed by atoms with E-state index < -0.39 is 0 Å².